The number of carbonyl (C=O) groups excluding carboxylic acids is 1. The molecule has 0 atom stereocenters. The van der Waals surface area contributed by atoms with Gasteiger partial charge in [0.25, 0.3) is 5.91 Å². The van der Waals surface area contributed by atoms with Crippen LogP contribution in [0.2, 0.25) is 0 Å². The summed E-state index contributed by atoms with van der Waals surface area (Å²) in [6.45, 7) is 0.403. The van der Waals surface area contributed by atoms with Crippen LogP contribution in [0.5, 0.6) is 11.5 Å². The highest BCUT2D eigenvalue weighted by Crippen LogP contribution is 2.26. The molecule has 0 aliphatic rings. The van der Waals surface area contributed by atoms with Crippen molar-refractivity contribution >= 4 is 29.6 Å². The summed E-state index contributed by atoms with van der Waals surface area (Å²) in [5.74, 6) is 1.28. The minimum atomic E-state index is -0.307. The van der Waals surface area contributed by atoms with Gasteiger partial charge in [0.2, 0.25) is 0 Å². The topological polar surface area (TPSA) is 114 Å². The number of anilines is 1. The van der Waals surface area contributed by atoms with E-state index in [0.29, 0.717) is 23.1 Å². The molecule has 10 heteroatoms. The third-order valence-corrected chi connectivity index (χ3v) is 5.85. The number of hydrogen-bond acceptors (Lipinski definition) is 8. The summed E-state index contributed by atoms with van der Waals surface area (Å²) >= 11 is 1.25. The van der Waals surface area contributed by atoms with Gasteiger partial charge in [-0.2, -0.15) is 5.10 Å². The van der Waals surface area contributed by atoms with Crippen LogP contribution in [0.15, 0.2) is 89.1 Å². The fourth-order valence-corrected chi connectivity index (χ4v) is 4.01. The first-order valence-corrected chi connectivity index (χ1v) is 11.7. The summed E-state index contributed by atoms with van der Waals surface area (Å²) in [5.41, 5.74) is 4.70. The van der Waals surface area contributed by atoms with E-state index in [-0.39, 0.29) is 17.4 Å². The lowest BCUT2D eigenvalue weighted by molar-refractivity contribution is -0.118. The number of carbonyl (C=O) groups is 1. The van der Waals surface area contributed by atoms with Crippen molar-refractivity contribution in [2.45, 2.75) is 11.7 Å². The first-order valence-electron chi connectivity index (χ1n) is 10.7. The van der Waals surface area contributed by atoms with Crippen molar-refractivity contribution in [3.63, 3.8) is 0 Å². The van der Waals surface area contributed by atoms with Gasteiger partial charge < -0.3 is 15.2 Å². The molecule has 1 aromatic heterocycles. The maximum absolute atomic E-state index is 12.3. The number of phenolic OH excluding ortho intramolecular Hbond substituents is 1. The van der Waals surface area contributed by atoms with Crippen molar-refractivity contribution in [3.8, 4) is 17.2 Å². The fourth-order valence-electron chi connectivity index (χ4n) is 3.24. The smallest absolute Gasteiger partial charge is 0.250 e. The highest BCUT2D eigenvalue weighted by molar-refractivity contribution is 7.99. The Morgan fingerprint density at radius 2 is 1.80 bits per heavy atom. The van der Waals surface area contributed by atoms with Crippen molar-refractivity contribution in [3.05, 3.63) is 90.3 Å². The third-order valence-electron chi connectivity index (χ3n) is 4.92. The predicted octanol–water partition coefficient (Wildman–Crippen LogP) is 3.84. The van der Waals surface area contributed by atoms with E-state index < -0.39 is 0 Å². The van der Waals surface area contributed by atoms with Gasteiger partial charge in [-0.05, 0) is 36.4 Å². The van der Waals surface area contributed by atoms with Crippen LogP contribution < -0.4 is 15.5 Å². The average molecular weight is 489 g/mol. The molecular weight excluding hydrogens is 464 g/mol. The number of nitrogens with zero attached hydrogens (tertiary/aromatic N) is 4. The Morgan fingerprint density at radius 1 is 1.06 bits per heavy atom. The van der Waals surface area contributed by atoms with Gasteiger partial charge >= 0.3 is 0 Å². The minimum Gasteiger partial charge on any atom is -0.507 e. The summed E-state index contributed by atoms with van der Waals surface area (Å²) in [5, 5.41) is 26.3. The Morgan fingerprint density at radius 3 is 2.60 bits per heavy atom. The molecule has 178 valence electrons. The Balaban J connectivity index is 1.45. The quantitative estimate of drug-likeness (QED) is 0.177. The molecule has 4 rings (SSSR count). The van der Waals surface area contributed by atoms with E-state index in [4.69, 9.17) is 4.74 Å². The van der Waals surface area contributed by atoms with E-state index in [1.807, 2.05) is 59.2 Å². The lowest BCUT2D eigenvalue weighted by Crippen LogP contribution is -2.20. The van der Waals surface area contributed by atoms with Gasteiger partial charge in [0.15, 0.2) is 11.0 Å². The number of aromatic nitrogens is 3. The Kier molecular flexibility index (Phi) is 7.97. The van der Waals surface area contributed by atoms with Crippen LogP contribution >= 0.6 is 11.8 Å². The largest absolute Gasteiger partial charge is 0.507 e. The average Bonchev–Trinajstić information content (AvgIpc) is 3.30. The molecule has 0 aliphatic carbocycles. The zero-order valence-corrected chi connectivity index (χ0v) is 19.8. The second kappa shape index (κ2) is 11.7. The molecule has 0 saturated carbocycles. The maximum Gasteiger partial charge on any atom is 0.250 e. The molecule has 0 radical (unpaired) electrons. The van der Waals surface area contributed by atoms with Crippen molar-refractivity contribution in [1.29, 1.82) is 0 Å². The number of hydrogen-bond donors (Lipinski definition) is 3. The number of aromatic hydroxyl groups is 1. The van der Waals surface area contributed by atoms with E-state index in [2.05, 4.69) is 26.0 Å². The Labute approximate surface area is 206 Å². The maximum atomic E-state index is 12.3. The molecule has 3 N–H and O–H groups in total. The lowest BCUT2D eigenvalue weighted by Gasteiger charge is -2.13. The number of methoxy groups -OCH3 is 1. The normalized spacial score (nSPS) is 10.9. The number of thioether (sulfide) groups is 1. The summed E-state index contributed by atoms with van der Waals surface area (Å²) in [6, 6.07) is 24.1. The molecule has 0 unspecified atom stereocenters. The number of amides is 1. The van der Waals surface area contributed by atoms with Gasteiger partial charge in [0.05, 0.1) is 31.3 Å². The van der Waals surface area contributed by atoms with Crippen LogP contribution in [0.25, 0.3) is 5.69 Å². The molecule has 9 nitrogen and oxygen atoms in total. The van der Waals surface area contributed by atoms with Gasteiger partial charge in [-0.1, -0.05) is 54.2 Å². The molecule has 35 heavy (non-hydrogen) atoms. The molecule has 0 fully saturated rings. The monoisotopic (exact) mass is 488 g/mol. The van der Waals surface area contributed by atoms with E-state index in [1.54, 1.807) is 31.4 Å². The summed E-state index contributed by atoms with van der Waals surface area (Å²) in [6.07, 6.45) is 1.39. The molecule has 0 bridgehead atoms. The molecule has 0 aliphatic heterocycles. The van der Waals surface area contributed by atoms with Crippen LogP contribution in [-0.4, -0.2) is 44.9 Å². The predicted molar refractivity (Wildman–Crippen MR) is 136 cm³/mol. The van der Waals surface area contributed by atoms with E-state index in [9.17, 15) is 9.90 Å². The number of rotatable bonds is 10. The molecule has 4 aromatic rings. The van der Waals surface area contributed by atoms with Crippen molar-refractivity contribution < 1.29 is 14.6 Å². The summed E-state index contributed by atoms with van der Waals surface area (Å²) in [4.78, 5) is 12.3. The number of ether oxygens (including phenoxy) is 1. The van der Waals surface area contributed by atoms with Crippen LogP contribution in [0.3, 0.4) is 0 Å². The van der Waals surface area contributed by atoms with Crippen LogP contribution in [0.1, 0.15) is 11.4 Å². The first kappa shape index (κ1) is 23.8. The molecule has 3 aromatic carbocycles. The van der Waals surface area contributed by atoms with Gasteiger partial charge in [-0.25, -0.2) is 5.43 Å². The first-order chi connectivity index (χ1) is 17.2. The van der Waals surface area contributed by atoms with E-state index in [0.717, 1.165) is 17.1 Å². The van der Waals surface area contributed by atoms with E-state index >= 15 is 0 Å². The highest BCUT2D eigenvalue weighted by atomic mass is 32.2. The Hall–Kier alpha value is -4.31. The molecule has 1 heterocycles. The van der Waals surface area contributed by atoms with E-state index in [1.165, 1.54) is 18.0 Å². The number of para-hydroxylation sites is 4. The number of nitrogens with one attached hydrogen (secondary N) is 2. The molecular formula is C25H24N6O3S. The Bertz CT molecular complexity index is 1310. The molecule has 0 saturated heterocycles. The second-order valence-electron chi connectivity index (χ2n) is 7.26. The van der Waals surface area contributed by atoms with Gasteiger partial charge in [-0.15, -0.1) is 10.2 Å². The zero-order chi connectivity index (χ0) is 24.5. The number of hydrazone groups is 1. The summed E-state index contributed by atoms with van der Waals surface area (Å²) in [7, 11) is 1.62. The standard InChI is InChI=1S/C25H24N6O3S/c1-34-22-14-8-6-12-20(22)26-16-23-28-30-25(31(23)19-10-3-2-4-11-19)35-17-24(33)29-27-15-18-9-5-7-13-21(18)32/h2-15,26,32H,16-17H2,1H3,(H,29,33)/b27-15-. The number of phenols is 1. The minimum absolute atomic E-state index is 0.0863. The second-order valence-corrected chi connectivity index (χ2v) is 8.21. The third kappa shape index (κ3) is 6.18. The van der Waals surface area contributed by atoms with Crippen molar-refractivity contribution in [2.24, 2.45) is 5.10 Å². The fraction of sp³-hybridized carbons (Fsp3) is 0.120. The SMILES string of the molecule is COc1ccccc1NCc1nnc(SCC(=O)N/N=C\c2ccccc2O)n1-c1ccccc1. The van der Waals surface area contributed by atoms with Crippen LogP contribution in [-0.2, 0) is 11.3 Å². The van der Waals surface area contributed by atoms with Gasteiger partial charge in [0, 0.05) is 11.3 Å². The zero-order valence-electron chi connectivity index (χ0n) is 19.0. The molecule has 0 spiro atoms. The van der Waals surface area contributed by atoms with Gasteiger partial charge in [0.1, 0.15) is 11.5 Å². The lowest BCUT2D eigenvalue weighted by atomic mass is 10.2. The van der Waals surface area contributed by atoms with Gasteiger partial charge in [-0.3, -0.25) is 9.36 Å². The van der Waals surface area contributed by atoms with Crippen LogP contribution in [0, 0.1) is 0 Å². The highest BCUT2D eigenvalue weighted by Gasteiger charge is 2.16. The van der Waals surface area contributed by atoms with Crippen molar-refractivity contribution in [2.75, 3.05) is 18.2 Å². The summed E-state index contributed by atoms with van der Waals surface area (Å²) < 4.78 is 7.31. The molecule has 1 amide bonds. The van der Waals surface area contributed by atoms with Crippen LogP contribution in [0.4, 0.5) is 5.69 Å². The van der Waals surface area contributed by atoms with Crippen molar-refractivity contribution in [1.82, 2.24) is 20.2 Å². The number of benzene rings is 3.